The Morgan fingerprint density at radius 1 is 1.56 bits per heavy atom. The van der Waals surface area contributed by atoms with Crippen LogP contribution in [0.2, 0.25) is 0 Å². The summed E-state index contributed by atoms with van der Waals surface area (Å²) in [5, 5.41) is 5.20. The summed E-state index contributed by atoms with van der Waals surface area (Å²) in [6.07, 6.45) is 2.81. The molecule has 2 heterocycles. The van der Waals surface area contributed by atoms with Gasteiger partial charge < -0.3 is 10.2 Å². The van der Waals surface area contributed by atoms with Crippen molar-refractivity contribution in [1.82, 2.24) is 10.2 Å². The lowest BCUT2D eigenvalue weighted by molar-refractivity contribution is -0.132. The Kier molecular flexibility index (Phi) is 4.54. The molecule has 4 nitrogen and oxygen atoms in total. The second-order valence-electron chi connectivity index (χ2n) is 5.67. The maximum atomic E-state index is 11.4. The summed E-state index contributed by atoms with van der Waals surface area (Å²) in [5.74, 6) is 0.988. The van der Waals surface area contributed by atoms with Crippen LogP contribution < -0.4 is 5.32 Å². The van der Waals surface area contributed by atoms with E-state index in [0.29, 0.717) is 17.7 Å². The highest BCUT2D eigenvalue weighted by Crippen LogP contribution is 2.26. The van der Waals surface area contributed by atoms with Crippen molar-refractivity contribution in [1.29, 1.82) is 0 Å². The molecule has 2 aliphatic rings. The maximum absolute atomic E-state index is 11.4. The van der Waals surface area contributed by atoms with Gasteiger partial charge >= 0.3 is 0 Å². The summed E-state index contributed by atoms with van der Waals surface area (Å²) in [4.78, 5) is 17.8. The van der Waals surface area contributed by atoms with E-state index in [1.54, 1.807) is 0 Å². The van der Waals surface area contributed by atoms with Gasteiger partial charge in [0.05, 0.1) is 6.54 Å². The molecule has 5 heteroatoms. The molecule has 102 valence electrons. The predicted octanol–water partition coefficient (Wildman–Crippen LogP) is 1.71. The van der Waals surface area contributed by atoms with Crippen molar-refractivity contribution < 1.29 is 4.79 Å². The zero-order chi connectivity index (χ0) is 13.1. The predicted molar refractivity (Wildman–Crippen MR) is 76.9 cm³/mol. The van der Waals surface area contributed by atoms with Crippen molar-refractivity contribution >= 4 is 22.8 Å². The van der Waals surface area contributed by atoms with Gasteiger partial charge in [-0.05, 0) is 18.8 Å². The highest BCUT2D eigenvalue weighted by atomic mass is 32.2. The van der Waals surface area contributed by atoms with Gasteiger partial charge in [-0.2, -0.15) is 0 Å². The highest BCUT2D eigenvalue weighted by Gasteiger charge is 2.26. The smallest absolute Gasteiger partial charge is 0.222 e. The summed E-state index contributed by atoms with van der Waals surface area (Å²) >= 11 is 1.87. The molecule has 1 N–H and O–H groups in total. The Morgan fingerprint density at radius 3 is 3.00 bits per heavy atom. The van der Waals surface area contributed by atoms with Gasteiger partial charge in [0, 0.05) is 31.3 Å². The molecule has 2 rings (SSSR count). The molecule has 0 saturated carbocycles. The van der Waals surface area contributed by atoms with Gasteiger partial charge in [0.15, 0.2) is 5.17 Å². The van der Waals surface area contributed by atoms with E-state index in [2.05, 4.69) is 24.2 Å². The van der Waals surface area contributed by atoms with Crippen LogP contribution in [0.1, 0.15) is 33.1 Å². The van der Waals surface area contributed by atoms with Crippen LogP contribution in [0.5, 0.6) is 0 Å². The standard InChI is InChI=1S/C13H23N3OS/c1-9(2)6-11-7-14-13(18-11)15-10-4-5-12(17)16(3)8-10/h9-11H,4-8H2,1-3H3,(H,14,15). The van der Waals surface area contributed by atoms with E-state index in [1.165, 1.54) is 6.42 Å². The van der Waals surface area contributed by atoms with Crippen LogP contribution in [-0.4, -0.2) is 47.4 Å². The topological polar surface area (TPSA) is 44.7 Å². The van der Waals surface area contributed by atoms with Crippen LogP contribution >= 0.6 is 11.8 Å². The maximum Gasteiger partial charge on any atom is 0.222 e. The van der Waals surface area contributed by atoms with Gasteiger partial charge in [-0.25, -0.2) is 0 Å². The molecule has 0 aliphatic carbocycles. The first kappa shape index (κ1) is 13.7. The van der Waals surface area contributed by atoms with Crippen molar-refractivity contribution in [3.63, 3.8) is 0 Å². The minimum Gasteiger partial charge on any atom is -0.360 e. The molecule has 1 fully saturated rings. The number of nitrogens with one attached hydrogen (secondary N) is 1. The van der Waals surface area contributed by atoms with E-state index in [-0.39, 0.29) is 5.91 Å². The number of carbonyl (C=O) groups excluding carboxylic acids is 1. The third-order valence-electron chi connectivity index (χ3n) is 3.41. The number of rotatable bonds is 3. The first-order chi connectivity index (χ1) is 8.54. The number of amidine groups is 1. The molecule has 1 saturated heterocycles. The second-order valence-corrected chi connectivity index (χ2v) is 6.96. The number of piperidine rings is 1. The molecule has 0 aromatic carbocycles. The second kappa shape index (κ2) is 5.95. The van der Waals surface area contributed by atoms with Gasteiger partial charge in [-0.15, -0.1) is 0 Å². The SMILES string of the molecule is CC(C)CC1CN=C(NC2CCC(=O)N(C)C2)S1. The number of hydrogen-bond donors (Lipinski definition) is 1. The Morgan fingerprint density at radius 2 is 2.33 bits per heavy atom. The lowest BCUT2D eigenvalue weighted by Gasteiger charge is -2.30. The van der Waals surface area contributed by atoms with Crippen LogP contribution in [0.25, 0.3) is 0 Å². The molecule has 0 spiro atoms. The first-order valence-corrected chi connectivity index (χ1v) is 7.64. The fraction of sp³-hybridized carbons (Fsp3) is 0.846. The van der Waals surface area contributed by atoms with Crippen molar-refractivity contribution in [2.75, 3.05) is 20.1 Å². The molecule has 0 aromatic heterocycles. The largest absolute Gasteiger partial charge is 0.360 e. The van der Waals surface area contributed by atoms with Crippen LogP contribution in [0.15, 0.2) is 4.99 Å². The molecule has 18 heavy (non-hydrogen) atoms. The molecular weight excluding hydrogens is 246 g/mol. The van der Waals surface area contributed by atoms with Crippen molar-refractivity contribution in [2.24, 2.45) is 10.9 Å². The number of nitrogens with zero attached hydrogens (tertiary/aromatic N) is 2. The lowest BCUT2D eigenvalue weighted by Crippen LogP contribution is -2.47. The normalized spacial score (nSPS) is 28.8. The molecule has 2 atom stereocenters. The van der Waals surface area contributed by atoms with Crippen molar-refractivity contribution in [2.45, 2.75) is 44.4 Å². The average Bonchev–Trinajstić information content (AvgIpc) is 2.70. The van der Waals surface area contributed by atoms with E-state index >= 15 is 0 Å². The lowest BCUT2D eigenvalue weighted by atomic mass is 10.1. The third kappa shape index (κ3) is 3.64. The average molecular weight is 269 g/mol. The number of likely N-dealkylation sites (tertiary alicyclic amines) is 1. The zero-order valence-corrected chi connectivity index (χ0v) is 12.3. The Bertz CT molecular complexity index is 343. The van der Waals surface area contributed by atoms with Crippen molar-refractivity contribution in [3.05, 3.63) is 0 Å². The Balaban J connectivity index is 1.76. The zero-order valence-electron chi connectivity index (χ0n) is 11.5. The van der Waals surface area contributed by atoms with Crippen LogP contribution in [-0.2, 0) is 4.79 Å². The van der Waals surface area contributed by atoms with Gasteiger partial charge in [0.1, 0.15) is 0 Å². The first-order valence-electron chi connectivity index (χ1n) is 6.76. The molecule has 0 radical (unpaired) electrons. The third-order valence-corrected chi connectivity index (χ3v) is 4.55. The molecule has 2 aliphatic heterocycles. The fourth-order valence-electron chi connectivity index (χ4n) is 2.45. The Hall–Kier alpha value is -0.710. The number of likely N-dealkylation sites (N-methyl/N-ethyl adjacent to an activating group) is 1. The van der Waals surface area contributed by atoms with Crippen LogP contribution in [0.3, 0.4) is 0 Å². The summed E-state index contributed by atoms with van der Waals surface area (Å²) in [6, 6.07) is 0.372. The number of aliphatic imine (C=N–C) groups is 1. The summed E-state index contributed by atoms with van der Waals surface area (Å²) in [6.45, 7) is 6.25. The van der Waals surface area contributed by atoms with E-state index in [4.69, 9.17) is 0 Å². The van der Waals surface area contributed by atoms with E-state index in [9.17, 15) is 4.79 Å². The quantitative estimate of drug-likeness (QED) is 0.848. The minimum absolute atomic E-state index is 0.256. The Labute approximate surface area is 114 Å². The summed E-state index contributed by atoms with van der Waals surface area (Å²) in [5.41, 5.74) is 0. The number of carbonyl (C=O) groups is 1. The molecular formula is C13H23N3OS. The summed E-state index contributed by atoms with van der Waals surface area (Å²) in [7, 11) is 1.88. The monoisotopic (exact) mass is 269 g/mol. The minimum atomic E-state index is 0.256. The van der Waals surface area contributed by atoms with E-state index in [1.807, 2.05) is 23.7 Å². The number of hydrogen-bond acceptors (Lipinski definition) is 4. The van der Waals surface area contributed by atoms with Gasteiger partial charge in [-0.3, -0.25) is 9.79 Å². The van der Waals surface area contributed by atoms with Gasteiger partial charge in [-0.1, -0.05) is 25.6 Å². The van der Waals surface area contributed by atoms with Crippen molar-refractivity contribution in [3.8, 4) is 0 Å². The highest BCUT2D eigenvalue weighted by molar-refractivity contribution is 8.14. The van der Waals surface area contributed by atoms with Crippen LogP contribution in [0.4, 0.5) is 0 Å². The van der Waals surface area contributed by atoms with E-state index < -0.39 is 0 Å². The molecule has 0 aromatic rings. The number of amides is 1. The molecule has 1 amide bonds. The summed E-state index contributed by atoms with van der Waals surface area (Å²) < 4.78 is 0. The van der Waals surface area contributed by atoms with E-state index in [0.717, 1.165) is 30.6 Å². The molecule has 0 bridgehead atoms. The van der Waals surface area contributed by atoms with Crippen LogP contribution in [0, 0.1) is 5.92 Å². The molecule has 2 unspecified atom stereocenters. The fourth-order valence-corrected chi connectivity index (χ4v) is 3.78. The van der Waals surface area contributed by atoms with Gasteiger partial charge in [0.2, 0.25) is 5.91 Å². The number of thioether (sulfide) groups is 1. The van der Waals surface area contributed by atoms with Gasteiger partial charge in [0.25, 0.3) is 0 Å².